The number of anilines is 1. The van der Waals surface area contributed by atoms with E-state index in [-0.39, 0.29) is 17.7 Å². The van der Waals surface area contributed by atoms with E-state index >= 15 is 0 Å². The van der Waals surface area contributed by atoms with Gasteiger partial charge in [-0.1, -0.05) is 62.7 Å². The fourth-order valence-electron chi connectivity index (χ4n) is 4.59. The molecule has 3 atom stereocenters. The molecule has 0 aliphatic carbocycles. The van der Waals surface area contributed by atoms with Gasteiger partial charge in [0.2, 0.25) is 0 Å². The normalized spacial score (nSPS) is 22.9. The summed E-state index contributed by atoms with van der Waals surface area (Å²) in [5, 5.41) is 0. The molecule has 0 spiro atoms. The second kappa shape index (κ2) is 9.25. The Morgan fingerprint density at radius 3 is 2.45 bits per heavy atom. The maximum absolute atomic E-state index is 13.2. The zero-order chi connectivity index (χ0) is 20.9. The highest BCUT2D eigenvalue weighted by Gasteiger charge is 2.48. The molecule has 1 saturated heterocycles. The van der Waals surface area contributed by atoms with Crippen molar-refractivity contribution in [1.82, 2.24) is 0 Å². The molecule has 1 fully saturated rings. The van der Waals surface area contributed by atoms with Crippen LogP contribution in [0.4, 0.5) is 5.69 Å². The molecule has 29 heavy (non-hydrogen) atoms. The number of carbonyl (C=O) groups is 2. The smallest absolute Gasteiger partial charge is 0.317 e. The van der Waals surface area contributed by atoms with Gasteiger partial charge in [0.15, 0.2) is 5.78 Å². The van der Waals surface area contributed by atoms with Crippen LogP contribution in [0.1, 0.15) is 63.0 Å². The van der Waals surface area contributed by atoms with E-state index in [1.165, 1.54) is 5.56 Å². The molecule has 2 N–H and O–H groups in total. The number of Topliss-reactive ketones (excluding diaryl/α,β-unsaturated/α-hetero) is 1. The minimum absolute atomic E-state index is 0.00274. The van der Waals surface area contributed by atoms with E-state index < -0.39 is 11.5 Å². The number of benzene rings is 2. The summed E-state index contributed by atoms with van der Waals surface area (Å²) >= 11 is 0. The molecule has 1 unspecified atom stereocenters. The molecular formula is C25H31NO3. The highest BCUT2D eigenvalue weighted by atomic mass is 16.6. The van der Waals surface area contributed by atoms with Gasteiger partial charge in [0, 0.05) is 18.0 Å². The summed E-state index contributed by atoms with van der Waals surface area (Å²) in [7, 11) is 0. The topological polar surface area (TPSA) is 69.4 Å². The van der Waals surface area contributed by atoms with Crippen LogP contribution in [0.2, 0.25) is 0 Å². The maximum Gasteiger partial charge on any atom is 0.317 e. The van der Waals surface area contributed by atoms with Crippen molar-refractivity contribution in [2.24, 2.45) is 5.92 Å². The molecule has 2 aromatic carbocycles. The largest absolute Gasteiger partial charge is 0.458 e. The Morgan fingerprint density at radius 1 is 1.07 bits per heavy atom. The molecule has 0 amide bonds. The number of nitrogens with two attached hydrogens (primary N) is 1. The molecule has 1 aliphatic rings. The van der Waals surface area contributed by atoms with Crippen LogP contribution in [0.15, 0.2) is 54.6 Å². The third kappa shape index (κ3) is 4.87. The Kier molecular flexibility index (Phi) is 6.73. The van der Waals surface area contributed by atoms with Crippen molar-refractivity contribution in [2.45, 2.75) is 63.9 Å². The Hall–Kier alpha value is -2.62. The fourth-order valence-corrected chi connectivity index (χ4v) is 4.59. The number of carbonyl (C=O) groups excluding carboxylic acids is 2. The molecule has 4 nitrogen and oxygen atoms in total. The van der Waals surface area contributed by atoms with Crippen molar-refractivity contribution in [3.63, 3.8) is 0 Å². The van der Waals surface area contributed by atoms with Crippen LogP contribution in [-0.2, 0) is 20.7 Å². The summed E-state index contributed by atoms with van der Waals surface area (Å²) < 4.78 is 6.06. The first kappa shape index (κ1) is 21.1. The Bertz CT molecular complexity index is 828. The van der Waals surface area contributed by atoms with E-state index in [0.29, 0.717) is 31.4 Å². The Balaban J connectivity index is 1.80. The van der Waals surface area contributed by atoms with Crippen LogP contribution in [0.3, 0.4) is 0 Å². The number of aryl methyl sites for hydroxylation is 1. The SMILES string of the molecule is CCC[C@]1(CCc2ccccc2)CC(=O)C([C@@H](CC)c2cccc(N)c2)C(=O)O1. The van der Waals surface area contributed by atoms with Gasteiger partial charge in [0.25, 0.3) is 0 Å². The highest BCUT2D eigenvalue weighted by Crippen LogP contribution is 2.41. The van der Waals surface area contributed by atoms with Gasteiger partial charge in [-0.25, -0.2) is 0 Å². The van der Waals surface area contributed by atoms with Gasteiger partial charge in [0.1, 0.15) is 11.5 Å². The van der Waals surface area contributed by atoms with Crippen LogP contribution in [0.25, 0.3) is 0 Å². The van der Waals surface area contributed by atoms with Crippen molar-refractivity contribution in [2.75, 3.05) is 5.73 Å². The molecule has 4 heteroatoms. The monoisotopic (exact) mass is 393 g/mol. The Labute approximate surface area is 173 Å². The molecule has 0 aromatic heterocycles. The molecule has 154 valence electrons. The summed E-state index contributed by atoms with van der Waals surface area (Å²) in [5.41, 5.74) is 7.99. The van der Waals surface area contributed by atoms with Gasteiger partial charge in [-0.05, 0) is 48.9 Å². The predicted molar refractivity (Wildman–Crippen MR) is 115 cm³/mol. The number of ether oxygens (including phenoxy) is 1. The molecule has 0 radical (unpaired) electrons. The van der Waals surface area contributed by atoms with Crippen molar-refractivity contribution in [3.8, 4) is 0 Å². The van der Waals surface area contributed by atoms with Crippen LogP contribution in [-0.4, -0.2) is 17.4 Å². The van der Waals surface area contributed by atoms with E-state index in [0.717, 1.165) is 18.4 Å². The quantitative estimate of drug-likeness (QED) is 0.386. The zero-order valence-electron chi connectivity index (χ0n) is 17.4. The maximum atomic E-state index is 13.2. The molecule has 1 aliphatic heterocycles. The lowest BCUT2D eigenvalue weighted by molar-refractivity contribution is -0.180. The lowest BCUT2D eigenvalue weighted by atomic mass is 9.74. The van der Waals surface area contributed by atoms with Gasteiger partial charge in [0.05, 0.1) is 0 Å². The van der Waals surface area contributed by atoms with Gasteiger partial charge in [-0.3, -0.25) is 9.59 Å². The average Bonchev–Trinajstić information content (AvgIpc) is 2.70. The average molecular weight is 394 g/mol. The second-order valence-electron chi connectivity index (χ2n) is 8.15. The summed E-state index contributed by atoms with van der Waals surface area (Å²) in [6.45, 7) is 4.06. The summed E-state index contributed by atoms with van der Waals surface area (Å²) in [6.07, 6.45) is 4.01. The van der Waals surface area contributed by atoms with Crippen molar-refractivity contribution >= 4 is 17.4 Å². The number of hydrogen-bond donors (Lipinski definition) is 1. The standard InChI is InChI=1S/C25H31NO3/c1-3-14-25(15-13-18-9-6-5-7-10-18)17-22(27)23(24(28)29-25)21(4-2)19-11-8-12-20(26)16-19/h5-12,16,21,23H,3-4,13-15,17,26H2,1-2H3/t21-,23?,25-/m0/s1. The van der Waals surface area contributed by atoms with Crippen LogP contribution >= 0.6 is 0 Å². The highest BCUT2D eigenvalue weighted by molar-refractivity contribution is 6.02. The van der Waals surface area contributed by atoms with Crippen LogP contribution < -0.4 is 5.73 Å². The zero-order valence-corrected chi connectivity index (χ0v) is 17.4. The number of esters is 1. The van der Waals surface area contributed by atoms with E-state index in [2.05, 4.69) is 19.1 Å². The van der Waals surface area contributed by atoms with E-state index in [9.17, 15) is 9.59 Å². The summed E-state index contributed by atoms with van der Waals surface area (Å²) in [6, 6.07) is 17.6. The minimum atomic E-state index is -0.747. The number of hydrogen-bond acceptors (Lipinski definition) is 4. The summed E-state index contributed by atoms with van der Waals surface area (Å²) in [4.78, 5) is 26.3. The first-order valence-electron chi connectivity index (χ1n) is 10.6. The molecule has 0 saturated carbocycles. The number of ketones is 1. The first-order chi connectivity index (χ1) is 14.0. The van der Waals surface area contributed by atoms with Crippen LogP contribution in [0, 0.1) is 5.92 Å². The summed E-state index contributed by atoms with van der Waals surface area (Å²) in [5.74, 6) is -1.33. The lowest BCUT2D eigenvalue weighted by Crippen LogP contribution is -2.49. The van der Waals surface area contributed by atoms with Crippen molar-refractivity contribution < 1.29 is 14.3 Å². The van der Waals surface area contributed by atoms with Crippen molar-refractivity contribution in [1.29, 1.82) is 0 Å². The third-order valence-corrected chi connectivity index (χ3v) is 6.01. The number of cyclic esters (lactones) is 1. The van der Waals surface area contributed by atoms with E-state index in [1.807, 2.05) is 49.4 Å². The van der Waals surface area contributed by atoms with Crippen molar-refractivity contribution in [3.05, 3.63) is 65.7 Å². The van der Waals surface area contributed by atoms with Gasteiger partial charge in [-0.2, -0.15) is 0 Å². The molecule has 1 heterocycles. The first-order valence-corrected chi connectivity index (χ1v) is 10.6. The number of nitrogen functional groups attached to an aromatic ring is 1. The van der Waals surface area contributed by atoms with Crippen LogP contribution in [0.5, 0.6) is 0 Å². The Morgan fingerprint density at radius 2 is 1.83 bits per heavy atom. The predicted octanol–water partition coefficient (Wildman–Crippen LogP) is 5.07. The molecular weight excluding hydrogens is 362 g/mol. The van der Waals surface area contributed by atoms with E-state index in [1.54, 1.807) is 0 Å². The van der Waals surface area contributed by atoms with Gasteiger partial charge in [-0.15, -0.1) is 0 Å². The van der Waals surface area contributed by atoms with E-state index in [4.69, 9.17) is 10.5 Å². The second-order valence-corrected chi connectivity index (χ2v) is 8.15. The third-order valence-electron chi connectivity index (χ3n) is 6.01. The minimum Gasteiger partial charge on any atom is -0.458 e. The van der Waals surface area contributed by atoms with Gasteiger partial charge < -0.3 is 10.5 Å². The molecule has 2 aromatic rings. The molecule has 3 rings (SSSR count). The lowest BCUT2D eigenvalue weighted by Gasteiger charge is -2.40. The van der Waals surface area contributed by atoms with Gasteiger partial charge >= 0.3 is 5.97 Å². The number of rotatable bonds is 8. The molecule has 0 bridgehead atoms. The fraction of sp³-hybridized carbons (Fsp3) is 0.440.